The predicted molar refractivity (Wildman–Crippen MR) is 99.8 cm³/mol. The Morgan fingerprint density at radius 2 is 1.72 bits per heavy atom. The molecule has 144 valence electrons. The number of amides is 2. The van der Waals surface area contributed by atoms with Crippen LogP contribution in [0.5, 0.6) is 0 Å². The average molecular weight is 353 g/mol. The number of carbonyl (C=O) groups excluding carboxylic acids is 2. The molecule has 0 unspecified atom stereocenters. The van der Waals surface area contributed by atoms with Crippen LogP contribution in [-0.2, 0) is 9.59 Å². The molecule has 1 saturated carbocycles. The number of piperidine rings is 1. The summed E-state index contributed by atoms with van der Waals surface area (Å²) in [6, 6.07) is 0. The molecule has 2 rings (SSSR count). The Bertz CT molecular complexity index is 424. The second-order valence-electron chi connectivity index (χ2n) is 7.87. The molecule has 0 aromatic rings. The van der Waals surface area contributed by atoms with Gasteiger partial charge in [-0.2, -0.15) is 0 Å². The molecule has 1 heterocycles. The van der Waals surface area contributed by atoms with Gasteiger partial charge in [-0.25, -0.2) is 0 Å². The Hall–Kier alpha value is -1.14. The molecular weight excluding hydrogens is 316 g/mol. The maximum absolute atomic E-state index is 12.3. The average Bonchev–Trinajstić information content (AvgIpc) is 2.60. The van der Waals surface area contributed by atoms with Crippen molar-refractivity contribution >= 4 is 11.8 Å². The van der Waals surface area contributed by atoms with E-state index in [0.29, 0.717) is 25.4 Å². The lowest BCUT2D eigenvalue weighted by Gasteiger charge is -2.38. The smallest absolute Gasteiger partial charge is 0.223 e. The van der Waals surface area contributed by atoms with Crippen LogP contribution in [0.1, 0.15) is 57.8 Å². The molecule has 2 aliphatic rings. The first-order valence-electron chi connectivity index (χ1n) is 10.1. The van der Waals surface area contributed by atoms with Gasteiger partial charge in [0.2, 0.25) is 11.8 Å². The van der Waals surface area contributed by atoms with E-state index < -0.39 is 0 Å². The van der Waals surface area contributed by atoms with Gasteiger partial charge in [0.15, 0.2) is 0 Å². The fourth-order valence-corrected chi connectivity index (χ4v) is 4.36. The van der Waals surface area contributed by atoms with Gasteiger partial charge in [0.05, 0.1) is 0 Å². The molecule has 0 bridgehead atoms. The van der Waals surface area contributed by atoms with Crippen LogP contribution in [0.4, 0.5) is 0 Å². The third-order valence-electron chi connectivity index (χ3n) is 5.66. The number of hydrogen-bond donors (Lipinski definition) is 2. The first-order valence-corrected chi connectivity index (χ1v) is 10.1. The second kappa shape index (κ2) is 10.8. The van der Waals surface area contributed by atoms with Crippen LogP contribution in [0.2, 0.25) is 0 Å². The lowest BCUT2D eigenvalue weighted by Crippen LogP contribution is -2.45. The summed E-state index contributed by atoms with van der Waals surface area (Å²) in [6.45, 7) is 4.98. The highest BCUT2D eigenvalue weighted by molar-refractivity contribution is 5.78. The third kappa shape index (κ3) is 7.32. The van der Waals surface area contributed by atoms with Crippen LogP contribution >= 0.6 is 0 Å². The van der Waals surface area contributed by atoms with Gasteiger partial charge in [0.1, 0.15) is 0 Å². The zero-order valence-corrected chi connectivity index (χ0v) is 15.6. The first kappa shape index (κ1) is 20.2. The molecule has 6 nitrogen and oxygen atoms in total. The summed E-state index contributed by atoms with van der Waals surface area (Å²) in [7, 11) is 0. The maximum Gasteiger partial charge on any atom is 0.223 e. The zero-order chi connectivity index (χ0) is 18.1. The van der Waals surface area contributed by atoms with E-state index in [0.717, 1.165) is 25.4 Å². The van der Waals surface area contributed by atoms with E-state index in [-0.39, 0.29) is 18.2 Å². The van der Waals surface area contributed by atoms with Crippen molar-refractivity contribution in [2.45, 2.75) is 57.8 Å². The van der Waals surface area contributed by atoms with Crippen LogP contribution in [0.25, 0.3) is 0 Å². The molecule has 0 spiro atoms. The summed E-state index contributed by atoms with van der Waals surface area (Å²) in [5.74, 6) is 1.05. The number of likely N-dealkylation sites (tertiary alicyclic amines) is 1. The van der Waals surface area contributed by atoms with E-state index in [4.69, 9.17) is 11.5 Å². The van der Waals surface area contributed by atoms with Crippen molar-refractivity contribution in [3.8, 4) is 0 Å². The van der Waals surface area contributed by atoms with Crippen LogP contribution in [0.3, 0.4) is 0 Å². The number of carbonyl (C=O) groups is 2. The lowest BCUT2D eigenvalue weighted by molar-refractivity contribution is -0.132. The molecule has 0 aromatic carbocycles. The van der Waals surface area contributed by atoms with Gasteiger partial charge in [-0.15, -0.1) is 0 Å². The topological polar surface area (TPSA) is 92.7 Å². The highest BCUT2D eigenvalue weighted by atomic mass is 16.2. The van der Waals surface area contributed by atoms with Crippen molar-refractivity contribution in [3.05, 3.63) is 0 Å². The van der Waals surface area contributed by atoms with E-state index in [2.05, 4.69) is 4.90 Å². The fraction of sp³-hybridized carbons (Fsp3) is 0.895. The normalized spacial score (nSPS) is 22.7. The third-order valence-corrected chi connectivity index (χ3v) is 5.66. The van der Waals surface area contributed by atoms with Crippen LogP contribution in [0, 0.1) is 11.8 Å². The summed E-state index contributed by atoms with van der Waals surface area (Å²) in [4.78, 5) is 27.8. The Morgan fingerprint density at radius 3 is 2.40 bits per heavy atom. The standard InChI is InChI=1S/C19H36N4O2/c20-10-8-19(25)23(12-9-18(21)24)15-17-7-4-11-22(14-17)13-16-5-2-1-3-6-16/h16-17H,1-15,20H2,(H2,21,24)/t17-/m0/s1. The zero-order valence-electron chi connectivity index (χ0n) is 15.6. The van der Waals surface area contributed by atoms with Crippen molar-refractivity contribution in [2.24, 2.45) is 23.3 Å². The van der Waals surface area contributed by atoms with Crippen LogP contribution in [0.15, 0.2) is 0 Å². The quantitative estimate of drug-likeness (QED) is 0.655. The second-order valence-corrected chi connectivity index (χ2v) is 7.87. The molecule has 1 saturated heterocycles. The van der Waals surface area contributed by atoms with E-state index in [1.807, 2.05) is 4.90 Å². The summed E-state index contributed by atoms with van der Waals surface area (Å²) in [5.41, 5.74) is 10.8. The van der Waals surface area contributed by atoms with Crippen molar-refractivity contribution in [1.29, 1.82) is 0 Å². The Kier molecular flexibility index (Phi) is 8.68. The molecule has 1 atom stereocenters. The highest BCUT2D eigenvalue weighted by Crippen LogP contribution is 2.26. The number of rotatable bonds is 9. The molecule has 6 heteroatoms. The molecule has 4 N–H and O–H groups in total. The van der Waals surface area contributed by atoms with Gasteiger partial charge >= 0.3 is 0 Å². The molecule has 0 radical (unpaired) electrons. The SMILES string of the molecule is NCCC(=O)N(CCC(N)=O)C[C@H]1CCCN(CC2CCCCC2)C1. The highest BCUT2D eigenvalue weighted by Gasteiger charge is 2.26. The number of primary amides is 1. The van der Waals surface area contributed by atoms with E-state index in [1.165, 1.54) is 51.6 Å². The largest absolute Gasteiger partial charge is 0.370 e. The summed E-state index contributed by atoms with van der Waals surface area (Å²) in [5, 5.41) is 0. The minimum Gasteiger partial charge on any atom is -0.370 e. The van der Waals surface area contributed by atoms with Gasteiger partial charge < -0.3 is 21.3 Å². The van der Waals surface area contributed by atoms with E-state index in [9.17, 15) is 9.59 Å². The van der Waals surface area contributed by atoms with Crippen LogP contribution in [-0.4, -0.2) is 60.9 Å². The number of nitrogens with zero attached hydrogens (tertiary/aromatic N) is 2. The van der Waals surface area contributed by atoms with Crippen molar-refractivity contribution in [2.75, 3.05) is 39.3 Å². The Labute approximate surface area is 152 Å². The van der Waals surface area contributed by atoms with Gasteiger partial charge in [-0.1, -0.05) is 19.3 Å². The maximum atomic E-state index is 12.3. The summed E-state index contributed by atoms with van der Waals surface area (Å²) >= 11 is 0. The van der Waals surface area contributed by atoms with E-state index >= 15 is 0 Å². The molecule has 0 aromatic heterocycles. The van der Waals surface area contributed by atoms with Crippen molar-refractivity contribution in [3.63, 3.8) is 0 Å². The molecule has 1 aliphatic carbocycles. The molecule has 25 heavy (non-hydrogen) atoms. The van der Waals surface area contributed by atoms with Gasteiger partial charge in [0, 0.05) is 45.6 Å². The predicted octanol–water partition coefficient (Wildman–Crippen LogP) is 1.33. The van der Waals surface area contributed by atoms with E-state index in [1.54, 1.807) is 0 Å². The minimum atomic E-state index is -0.354. The monoisotopic (exact) mass is 352 g/mol. The van der Waals surface area contributed by atoms with Gasteiger partial charge in [0.25, 0.3) is 0 Å². The molecule has 1 aliphatic heterocycles. The van der Waals surface area contributed by atoms with Crippen LogP contribution < -0.4 is 11.5 Å². The number of hydrogen-bond acceptors (Lipinski definition) is 4. The molecular formula is C19H36N4O2. The van der Waals surface area contributed by atoms with Gasteiger partial charge in [-0.3, -0.25) is 9.59 Å². The van der Waals surface area contributed by atoms with Gasteiger partial charge in [-0.05, 0) is 44.1 Å². The number of nitrogens with two attached hydrogens (primary N) is 2. The van der Waals surface area contributed by atoms with Crippen molar-refractivity contribution < 1.29 is 9.59 Å². The molecule has 2 amide bonds. The lowest BCUT2D eigenvalue weighted by atomic mass is 9.88. The van der Waals surface area contributed by atoms with Crippen molar-refractivity contribution in [1.82, 2.24) is 9.80 Å². The minimum absolute atomic E-state index is 0.0492. The molecule has 2 fully saturated rings. The first-order chi connectivity index (χ1) is 12.1. The Balaban J connectivity index is 1.83. The fourth-order valence-electron chi connectivity index (χ4n) is 4.36. The summed E-state index contributed by atoms with van der Waals surface area (Å²) in [6.07, 6.45) is 9.86. The Morgan fingerprint density at radius 1 is 1.00 bits per heavy atom. The summed E-state index contributed by atoms with van der Waals surface area (Å²) < 4.78 is 0.